The molecule has 2 aromatic carbocycles. The molecule has 0 saturated carbocycles. The van der Waals surface area contributed by atoms with Crippen LogP contribution >= 0.6 is 11.8 Å². The van der Waals surface area contributed by atoms with Gasteiger partial charge in [0.05, 0.1) is 5.69 Å². The predicted molar refractivity (Wildman–Crippen MR) is 126 cm³/mol. The smallest absolute Gasteiger partial charge is 0.194 e. The first-order valence-corrected chi connectivity index (χ1v) is 11.8. The van der Waals surface area contributed by atoms with Crippen LogP contribution in [0.3, 0.4) is 0 Å². The van der Waals surface area contributed by atoms with Crippen LogP contribution in [0.15, 0.2) is 70.7 Å². The number of hydrogen-bond donors (Lipinski definition) is 1. The molecule has 0 amide bonds. The van der Waals surface area contributed by atoms with E-state index < -0.39 is 0 Å². The fraction of sp³-hybridized carbons (Fsp3) is 0.320. The van der Waals surface area contributed by atoms with E-state index in [-0.39, 0.29) is 0 Å². The predicted octanol–water partition coefficient (Wildman–Crippen LogP) is 5.34. The largest absolute Gasteiger partial charge is 0.317 e. The lowest BCUT2D eigenvalue weighted by atomic mass is 9.95. The molecule has 3 heterocycles. The summed E-state index contributed by atoms with van der Waals surface area (Å²) in [6.45, 7) is 5.22. The van der Waals surface area contributed by atoms with Gasteiger partial charge in [0.1, 0.15) is 11.3 Å². The first-order valence-electron chi connectivity index (χ1n) is 11.0. The molecule has 1 aliphatic rings. The molecule has 0 radical (unpaired) electrons. The Bertz CT molecular complexity index is 1150. The molecule has 31 heavy (non-hydrogen) atoms. The molecule has 2 aromatic heterocycles. The Morgan fingerprint density at radius 3 is 2.39 bits per heavy atom. The third kappa shape index (κ3) is 4.50. The summed E-state index contributed by atoms with van der Waals surface area (Å²) in [4.78, 5) is 15.9. The van der Waals surface area contributed by atoms with Crippen molar-refractivity contribution < 1.29 is 0 Å². The van der Waals surface area contributed by atoms with Crippen LogP contribution in [0.2, 0.25) is 0 Å². The molecule has 5 rings (SSSR count). The molecular formula is C25H27N5S. The number of hydrogen-bond acceptors (Lipinski definition) is 5. The van der Waals surface area contributed by atoms with E-state index in [4.69, 9.17) is 15.0 Å². The Hall–Kier alpha value is -2.70. The molecule has 1 fully saturated rings. The Balaban J connectivity index is 1.55. The summed E-state index contributed by atoms with van der Waals surface area (Å²) in [5.41, 5.74) is 3.91. The summed E-state index contributed by atoms with van der Waals surface area (Å²) in [7, 11) is 0. The van der Waals surface area contributed by atoms with E-state index in [2.05, 4.69) is 46.3 Å². The van der Waals surface area contributed by atoms with Gasteiger partial charge in [-0.15, -0.1) is 0 Å². The van der Waals surface area contributed by atoms with Gasteiger partial charge < -0.3 is 9.88 Å². The second-order valence-corrected chi connectivity index (χ2v) is 9.15. The number of aryl methyl sites for hydroxylation is 2. The lowest BCUT2D eigenvalue weighted by Gasteiger charge is -2.23. The molecule has 0 atom stereocenters. The van der Waals surface area contributed by atoms with Crippen LogP contribution in [0, 0.1) is 12.8 Å². The number of imidazole rings is 1. The maximum absolute atomic E-state index is 5.01. The fourth-order valence-corrected chi connectivity index (χ4v) is 5.07. The number of fused-ring (bicyclic) bond motifs is 1. The molecule has 6 heteroatoms. The molecule has 5 nitrogen and oxygen atoms in total. The Morgan fingerprint density at radius 2 is 1.65 bits per heavy atom. The van der Waals surface area contributed by atoms with E-state index in [0.29, 0.717) is 0 Å². The van der Waals surface area contributed by atoms with Gasteiger partial charge in [0.2, 0.25) is 0 Å². The first-order chi connectivity index (χ1) is 15.3. The van der Waals surface area contributed by atoms with Crippen LogP contribution in [0.25, 0.3) is 22.6 Å². The van der Waals surface area contributed by atoms with E-state index >= 15 is 0 Å². The van der Waals surface area contributed by atoms with Crippen molar-refractivity contribution in [3.05, 3.63) is 66.4 Å². The number of rotatable bonds is 6. The third-order valence-corrected chi connectivity index (χ3v) is 6.83. The molecular weight excluding hydrogens is 402 g/mol. The minimum Gasteiger partial charge on any atom is -0.317 e. The quantitative estimate of drug-likeness (QED) is 0.419. The molecule has 1 saturated heterocycles. The van der Waals surface area contributed by atoms with Gasteiger partial charge >= 0.3 is 0 Å². The molecule has 0 bridgehead atoms. The molecule has 0 aliphatic carbocycles. The van der Waals surface area contributed by atoms with E-state index in [1.807, 2.05) is 31.2 Å². The highest BCUT2D eigenvalue weighted by atomic mass is 32.2. The van der Waals surface area contributed by atoms with Crippen molar-refractivity contribution >= 4 is 22.9 Å². The van der Waals surface area contributed by atoms with Crippen LogP contribution in [0.5, 0.6) is 0 Å². The Labute approximate surface area is 187 Å². The molecule has 4 aromatic rings. The van der Waals surface area contributed by atoms with Crippen LogP contribution < -0.4 is 5.32 Å². The number of piperidine rings is 1. The molecule has 1 N–H and O–H groups in total. The van der Waals surface area contributed by atoms with Crippen molar-refractivity contribution in [2.75, 3.05) is 13.1 Å². The van der Waals surface area contributed by atoms with Crippen molar-refractivity contribution in [1.29, 1.82) is 0 Å². The molecule has 158 valence electrons. The highest BCUT2D eigenvalue weighted by molar-refractivity contribution is 7.99. The summed E-state index contributed by atoms with van der Waals surface area (Å²) in [5.74, 6) is 1.74. The zero-order valence-corrected chi connectivity index (χ0v) is 18.6. The lowest BCUT2D eigenvalue weighted by Crippen LogP contribution is -2.28. The van der Waals surface area contributed by atoms with Crippen LogP contribution in [-0.2, 0) is 6.54 Å². The average Bonchev–Trinajstić information content (AvgIpc) is 3.19. The second-order valence-electron chi connectivity index (χ2n) is 8.11. The van der Waals surface area contributed by atoms with Crippen molar-refractivity contribution in [2.45, 2.75) is 42.8 Å². The lowest BCUT2D eigenvalue weighted by molar-refractivity contribution is 0.339. The van der Waals surface area contributed by atoms with Gasteiger partial charge in [0.15, 0.2) is 10.8 Å². The van der Waals surface area contributed by atoms with Crippen LogP contribution in [-0.4, -0.2) is 32.6 Å². The van der Waals surface area contributed by atoms with Crippen molar-refractivity contribution in [3.8, 4) is 11.4 Å². The minimum atomic E-state index is 0.753. The number of aromatic nitrogens is 4. The second kappa shape index (κ2) is 9.20. The van der Waals surface area contributed by atoms with E-state index in [1.165, 1.54) is 12.8 Å². The molecule has 1 aliphatic heterocycles. The topological polar surface area (TPSA) is 55.6 Å². The SMILES string of the molecule is Cc1nc(Sc2ccccc2)nc2c1nc(-c1ccccc1)n2CCC1CCNCC1. The van der Waals surface area contributed by atoms with Crippen molar-refractivity contribution in [3.63, 3.8) is 0 Å². The first kappa shape index (κ1) is 20.2. The normalized spacial score (nSPS) is 14.9. The van der Waals surface area contributed by atoms with Gasteiger partial charge in [-0.25, -0.2) is 15.0 Å². The van der Waals surface area contributed by atoms with Crippen LogP contribution in [0.4, 0.5) is 0 Å². The number of nitrogens with zero attached hydrogens (tertiary/aromatic N) is 4. The van der Waals surface area contributed by atoms with Gasteiger partial charge in [-0.3, -0.25) is 0 Å². The van der Waals surface area contributed by atoms with Gasteiger partial charge in [-0.05, 0) is 69.1 Å². The molecule has 0 unspecified atom stereocenters. The van der Waals surface area contributed by atoms with E-state index in [9.17, 15) is 0 Å². The molecule has 0 spiro atoms. The Morgan fingerprint density at radius 1 is 0.935 bits per heavy atom. The van der Waals surface area contributed by atoms with Crippen molar-refractivity contribution in [1.82, 2.24) is 24.8 Å². The maximum atomic E-state index is 5.01. The van der Waals surface area contributed by atoms with E-state index in [0.717, 1.165) is 70.3 Å². The third-order valence-electron chi connectivity index (χ3n) is 5.95. The maximum Gasteiger partial charge on any atom is 0.194 e. The highest BCUT2D eigenvalue weighted by Crippen LogP contribution is 2.30. The number of nitrogens with one attached hydrogen (secondary N) is 1. The summed E-state index contributed by atoms with van der Waals surface area (Å²) < 4.78 is 2.32. The monoisotopic (exact) mass is 429 g/mol. The minimum absolute atomic E-state index is 0.753. The number of benzene rings is 2. The summed E-state index contributed by atoms with van der Waals surface area (Å²) >= 11 is 1.60. The summed E-state index contributed by atoms with van der Waals surface area (Å²) in [5, 5.41) is 4.25. The van der Waals surface area contributed by atoms with Gasteiger partial charge in [0.25, 0.3) is 0 Å². The average molecular weight is 430 g/mol. The summed E-state index contributed by atoms with van der Waals surface area (Å²) in [6, 6.07) is 20.8. The standard InChI is InChI=1S/C25H27N5S/c1-18-22-24(29-25(27-18)31-21-10-6-3-7-11-21)30(17-14-19-12-15-26-16-13-19)23(28-22)20-8-4-2-5-9-20/h2-11,19,26H,12-17H2,1H3. The zero-order valence-electron chi connectivity index (χ0n) is 17.8. The van der Waals surface area contributed by atoms with Crippen molar-refractivity contribution in [2.24, 2.45) is 5.92 Å². The summed E-state index contributed by atoms with van der Waals surface area (Å²) in [6.07, 6.45) is 3.64. The van der Waals surface area contributed by atoms with E-state index in [1.54, 1.807) is 11.8 Å². The fourth-order valence-electron chi connectivity index (χ4n) is 4.25. The van der Waals surface area contributed by atoms with Gasteiger partial charge in [-0.1, -0.05) is 48.5 Å². The zero-order chi connectivity index (χ0) is 21.0. The van der Waals surface area contributed by atoms with Crippen LogP contribution in [0.1, 0.15) is 25.0 Å². The highest BCUT2D eigenvalue weighted by Gasteiger charge is 2.20. The Kier molecular flexibility index (Phi) is 6.00. The van der Waals surface area contributed by atoms with Gasteiger partial charge in [-0.2, -0.15) is 0 Å². The van der Waals surface area contributed by atoms with Gasteiger partial charge in [0, 0.05) is 17.0 Å².